The molecule has 6 atom stereocenters. The first-order chi connectivity index (χ1) is 31.6. The third kappa shape index (κ3) is 9.59. The van der Waals surface area contributed by atoms with Crippen LogP contribution in [0.3, 0.4) is 0 Å². The topological polar surface area (TPSA) is 159 Å². The first kappa shape index (κ1) is 47.2. The molecule has 0 spiro atoms. The zero-order valence-corrected chi connectivity index (χ0v) is 40.1. The van der Waals surface area contributed by atoms with Gasteiger partial charge in [0.25, 0.3) is 5.91 Å². The maximum atomic E-state index is 14.8. The van der Waals surface area contributed by atoms with Crippen molar-refractivity contribution in [2.75, 3.05) is 40.4 Å². The predicted octanol–water partition coefficient (Wildman–Crippen LogP) is 6.81. The molecular weight excluding hydrogens is 835 g/mol. The highest BCUT2D eigenvalue weighted by Gasteiger charge is 2.42. The number of pyridine rings is 1. The number of benzene rings is 2. The molecule has 3 saturated heterocycles. The number of esters is 1. The average Bonchev–Trinajstić information content (AvgIpc) is 3.87. The van der Waals surface area contributed by atoms with Gasteiger partial charge in [0.2, 0.25) is 11.8 Å². The number of fused-ring (bicyclic) bond motifs is 7. The number of carbonyl (C=O) groups excluding carboxylic acids is 4. The summed E-state index contributed by atoms with van der Waals surface area (Å²) in [6, 6.07) is 13.3. The standard InChI is InChI=1S/C52H69N7O7/c1-9-58-44-18-17-34-27-40(44)41(47(58)39-15-12-19-53-45(39)32(4)65-8)28-52(5,6)30-66-51(64)42-16-13-21-59(55-42)50(63)43(24-33-22-35(34)26-38(60)23-33)54-48(61)46(31(2)3)56(7)49(62)36-25-37-14-10-11-20-57(37)29-36/h12,15,17-19,22-23,26-27,31-32,36-37,42-43,46,55,60H,9-11,13-14,16,20-21,24-25,28-30H2,1-8H3,(H,54,61)/t32-,36+,37?,42-,43-,46-/m0/s1. The van der Waals surface area contributed by atoms with Crippen molar-refractivity contribution in [2.24, 2.45) is 17.3 Å². The largest absolute Gasteiger partial charge is 0.508 e. The number of phenols is 1. The molecule has 0 saturated carbocycles. The Kier molecular flexibility index (Phi) is 13.9. The third-order valence-corrected chi connectivity index (χ3v) is 14.5. The van der Waals surface area contributed by atoms with Crippen LogP contribution in [-0.2, 0) is 48.0 Å². The highest BCUT2D eigenvalue weighted by atomic mass is 16.5. The molecule has 3 N–H and O–H groups in total. The number of cyclic esters (lactones) is 1. The molecule has 4 aliphatic heterocycles. The first-order valence-corrected chi connectivity index (χ1v) is 24.1. The van der Waals surface area contributed by atoms with Gasteiger partial charge in [-0.1, -0.05) is 46.2 Å². The van der Waals surface area contributed by atoms with Crippen molar-refractivity contribution in [3.63, 3.8) is 0 Å². The van der Waals surface area contributed by atoms with Crippen LogP contribution in [0.15, 0.2) is 54.7 Å². The van der Waals surface area contributed by atoms with Crippen LogP contribution in [0.25, 0.3) is 33.3 Å². The van der Waals surface area contributed by atoms with E-state index in [1.54, 1.807) is 37.4 Å². The van der Waals surface area contributed by atoms with Gasteiger partial charge in [-0.05, 0) is 123 Å². The Bertz CT molecular complexity index is 2450. The lowest BCUT2D eigenvalue weighted by atomic mass is 9.84. The smallest absolute Gasteiger partial charge is 0.324 e. The average molecular weight is 904 g/mol. The van der Waals surface area contributed by atoms with Crippen LogP contribution in [0.2, 0.25) is 0 Å². The van der Waals surface area contributed by atoms with E-state index < -0.39 is 41.3 Å². The second-order valence-electron chi connectivity index (χ2n) is 20.2. The van der Waals surface area contributed by atoms with E-state index in [1.165, 1.54) is 11.4 Å². The fourth-order valence-corrected chi connectivity index (χ4v) is 11.1. The Morgan fingerprint density at radius 1 is 1.05 bits per heavy atom. The minimum Gasteiger partial charge on any atom is -0.508 e. The molecule has 14 heteroatoms. The summed E-state index contributed by atoms with van der Waals surface area (Å²) in [5.74, 6) is -1.78. The van der Waals surface area contributed by atoms with Crippen molar-refractivity contribution in [3.05, 3.63) is 71.5 Å². The fourth-order valence-electron chi connectivity index (χ4n) is 11.1. The molecular formula is C52H69N7O7. The molecule has 8 rings (SSSR count). The van der Waals surface area contributed by atoms with Crippen molar-refractivity contribution >= 4 is 34.6 Å². The number of phenolic OH excluding ortho intramolecular Hbond substituents is 1. The Balaban J connectivity index is 1.19. The molecule has 6 bridgehead atoms. The monoisotopic (exact) mass is 904 g/mol. The van der Waals surface area contributed by atoms with Crippen LogP contribution in [0.1, 0.15) is 103 Å². The summed E-state index contributed by atoms with van der Waals surface area (Å²) in [6.45, 7) is 15.0. The molecule has 3 fully saturated rings. The van der Waals surface area contributed by atoms with E-state index in [4.69, 9.17) is 14.5 Å². The summed E-state index contributed by atoms with van der Waals surface area (Å²) in [7, 11) is 3.39. The molecule has 4 aliphatic rings. The predicted molar refractivity (Wildman–Crippen MR) is 254 cm³/mol. The number of hydrogen-bond acceptors (Lipinski definition) is 10. The highest BCUT2D eigenvalue weighted by Crippen LogP contribution is 2.42. The number of likely N-dealkylation sites (N-methyl/N-ethyl adjacent to an activating group) is 1. The van der Waals surface area contributed by atoms with Gasteiger partial charge in [0.05, 0.1) is 30.0 Å². The van der Waals surface area contributed by atoms with Crippen molar-refractivity contribution in [3.8, 4) is 28.1 Å². The van der Waals surface area contributed by atoms with E-state index in [0.29, 0.717) is 50.5 Å². The Labute approximate surface area is 389 Å². The van der Waals surface area contributed by atoms with Crippen LogP contribution in [-0.4, -0.2) is 118 Å². The lowest BCUT2D eigenvalue weighted by Crippen LogP contribution is -2.62. The lowest BCUT2D eigenvalue weighted by Gasteiger charge is -2.37. The summed E-state index contributed by atoms with van der Waals surface area (Å²) in [4.78, 5) is 66.3. The van der Waals surface area contributed by atoms with E-state index in [1.807, 2.05) is 39.0 Å². The maximum absolute atomic E-state index is 14.8. The summed E-state index contributed by atoms with van der Waals surface area (Å²) < 4.78 is 14.3. The van der Waals surface area contributed by atoms with Gasteiger partial charge in [-0.25, -0.2) is 5.43 Å². The number of nitrogens with zero attached hydrogens (tertiary/aromatic N) is 5. The number of amides is 3. The van der Waals surface area contributed by atoms with Gasteiger partial charge in [-0.15, -0.1) is 0 Å². The van der Waals surface area contributed by atoms with E-state index in [2.05, 4.69) is 59.2 Å². The number of aromatic hydroxyl groups is 1. The minimum absolute atomic E-state index is 0.0217. The number of aryl methyl sites for hydroxylation is 1. The number of carbonyl (C=O) groups is 4. The van der Waals surface area contributed by atoms with Crippen LogP contribution >= 0.6 is 0 Å². The maximum Gasteiger partial charge on any atom is 0.324 e. The van der Waals surface area contributed by atoms with Crippen LogP contribution in [0, 0.1) is 17.3 Å². The number of hydrogen-bond donors (Lipinski definition) is 3. The van der Waals surface area contributed by atoms with Crippen molar-refractivity contribution in [1.29, 1.82) is 0 Å². The molecule has 4 aromatic rings. The van der Waals surface area contributed by atoms with Gasteiger partial charge in [0, 0.05) is 74.3 Å². The molecule has 14 nitrogen and oxygen atoms in total. The van der Waals surface area contributed by atoms with Crippen LogP contribution in [0.5, 0.6) is 5.75 Å². The highest BCUT2D eigenvalue weighted by molar-refractivity contribution is 5.96. The van der Waals surface area contributed by atoms with Gasteiger partial charge in [-0.3, -0.25) is 34.1 Å². The zero-order chi connectivity index (χ0) is 47.0. The van der Waals surface area contributed by atoms with E-state index in [9.17, 15) is 24.3 Å². The van der Waals surface area contributed by atoms with Gasteiger partial charge in [-0.2, -0.15) is 0 Å². The molecule has 0 aliphatic carbocycles. The second kappa shape index (κ2) is 19.5. The van der Waals surface area contributed by atoms with Gasteiger partial charge in [0.15, 0.2) is 0 Å². The molecule has 354 valence electrons. The number of aromatic nitrogens is 2. The van der Waals surface area contributed by atoms with Crippen molar-refractivity contribution in [2.45, 2.75) is 130 Å². The summed E-state index contributed by atoms with van der Waals surface area (Å²) >= 11 is 0. The summed E-state index contributed by atoms with van der Waals surface area (Å²) in [6.07, 6.45) is 7.32. The minimum atomic E-state index is -1.10. The second-order valence-corrected chi connectivity index (χ2v) is 20.2. The number of ether oxygens (including phenoxy) is 2. The van der Waals surface area contributed by atoms with Gasteiger partial charge < -0.3 is 29.4 Å². The van der Waals surface area contributed by atoms with Gasteiger partial charge >= 0.3 is 5.97 Å². The molecule has 6 heterocycles. The zero-order valence-electron chi connectivity index (χ0n) is 40.1. The number of rotatable bonds is 9. The van der Waals surface area contributed by atoms with Crippen molar-refractivity contribution in [1.82, 2.24) is 35.1 Å². The van der Waals surface area contributed by atoms with E-state index >= 15 is 0 Å². The number of methoxy groups -OCH3 is 1. The third-order valence-electron chi connectivity index (χ3n) is 14.5. The van der Waals surface area contributed by atoms with Crippen LogP contribution in [0.4, 0.5) is 0 Å². The molecule has 0 radical (unpaired) electrons. The Hall–Kier alpha value is -5.31. The SMILES string of the molecule is CCn1c(-c2cccnc2[C@H](C)OC)c2c3cc(ccc31)-c1cc(O)cc(c1)C[C@H](NC(=O)[C@H](C(C)C)N(C)C(=O)[C@@H]1CC3CCCCN3C1)C(=O)N1CCC[C@H](N1)C(=O)OCC(C)(C)C2. The Morgan fingerprint density at radius 2 is 1.85 bits per heavy atom. The fraction of sp³-hybridized carbons (Fsp3) is 0.558. The normalized spacial score (nSPS) is 23.5. The van der Waals surface area contributed by atoms with E-state index in [0.717, 1.165) is 70.4 Å². The molecule has 66 heavy (non-hydrogen) atoms. The summed E-state index contributed by atoms with van der Waals surface area (Å²) in [5, 5.41) is 16.9. The van der Waals surface area contributed by atoms with Crippen molar-refractivity contribution < 1.29 is 33.8 Å². The molecule has 1 unspecified atom stereocenters. The molecule has 3 amide bonds. The van der Waals surface area contributed by atoms with Gasteiger partial charge in [0.1, 0.15) is 23.9 Å². The lowest BCUT2D eigenvalue weighted by molar-refractivity contribution is -0.155. The number of nitrogens with one attached hydrogen (secondary N) is 2. The van der Waals surface area contributed by atoms with Crippen LogP contribution < -0.4 is 10.7 Å². The number of piperidine rings is 1. The summed E-state index contributed by atoms with van der Waals surface area (Å²) in [5.41, 5.74) is 9.79. The Morgan fingerprint density at radius 3 is 2.59 bits per heavy atom. The first-order valence-electron chi connectivity index (χ1n) is 24.1. The number of hydrazine groups is 1. The quantitative estimate of drug-likeness (QED) is 0.153. The van der Waals surface area contributed by atoms with E-state index in [-0.39, 0.29) is 42.6 Å². The molecule has 2 aromatic heterocycles. The molecule has 2 aromatic carbocycles.